The lowest BCUT2D eigenvalue weighted by molar-refractivity contribution is -0.0893. The molecule has 1 aliphatic carbocycles. The maximum Gasteiger partial charge on any atom is 0.275 e. The molecule has 2 aliphatic rings. The van der Waals surface area contributed by atoms with E-state index >= 15 is 0 Å². The molecule has 222 valence electrons. The maximum absolute atomic E-state index is 14.3. The molecular weight excluding hydrogens is 532 g/mol. The molecule has 2 aromatic heterocycles. The summed E-state index contributed by atoms with van der Waals surface area (Å²) in [6.07, 6.45) is 5.79. The first-order chi connectivity index (χ1) is 20.5. The number of amides is 1. The van der Waals surface area contributed by atoms with Crippen LogP contribution in [0.2, 0.25) is 0 Å². The third kappa shape index (κ3) is 5.69. The van der Waals surface area contributed by atoms with Gasteiger partial charge in [-0.05, 0) is 38.0 Å². The fourth-order valence-corrected chi connectivity index (χ4v) is 6.63. The Morgan fingerprint density at radius 2 is 2.05 bits per heavy atom. The summed E-state index contributed by atoms with van der Waals surface area (Å²) in [7, 11) is 1.62. The normalized spacial score (nSPS) is 22.9. The Morgan fingerprint density at radius 1 is 1.19 bits per heavy atom. The number of aromatic nitrogens is 2. The zero-order chi connectivity index (χ0) is 29.1. The van der Waals surface area contributed by atoms with Crippen molar-refractivity contribution in [3.8, 4) is 17.0 Å². The third-order valence-corrected chi connectivity index (χ3v) is 8.68. The largest absolute Gasteiger partial charge is 0.493 e. The second-order valence-electron chi connectivity index (χ2n) is 11.6. The molecule has 0 spiro atoms. The van der Waals surface area contributed by atoms with Crippen LogP contribution in [0, 0.1) is 6.92 Å². The minimum atomic E-state index is -1.02. The van der Waals surface area contributed by atoms with Gasteiger partial charge in [0, 0.05) is 56.2 Å². The zero-order valence-electron chi connectivity index (χ0n) is 24.4. The van der Waals surface area contributed by atoms with Crippen molar-refractivity contribution in [2.45, 2.75) is 56.7 Å². The number of fused-ring (bicyclic) bond motifs is 1. The number of rotatable bonds is 9. The van der Waals surface area contributed by atoms with Crippen LogP contribution in [-0.2, 0) is 4.74 Å². The number of nitrogens with one attached hydrogen (secondary N) is 1. The molecule has 42 heavy (non-hydrogen) atoms. The summed E-state index contributed by atoms with van der Waals surface area (Å²) in [6, 6.07) is 17.5. The molecule has 0 radical (unpaired) electrons. The van der Waals surface area contributed by atoms with Gasteiger partial charge in [0.1, 0.15) is 22.7 Å². The smallest absolute Gasteiger partial charge is 0.275 e. The number of aliphatic hydroxyl groups is 1. The molecule has 2 N–H and O–H groups in total. The molecule has 6 rings (SSSR count). The number of aryl methyl sites for hydroxylation is 1. The maximum atomic E-state index is 14.3. The van der Waals surface area contributed by atoms with Gasteiger partial charge in [-0.15, -0.1) is 0 Å². The highest BCUT2D eigenvalue weighted by molar-refractivity contribution is 5.98. The number of nitrogens with zero attached hydrogens (tertiary/aromatic N) is 3. The average Bonchev–Trinajstić information content (AvgIpc) is 3.60. The molecule has 1 amide bonds. The van der Waals surface area contributed by atoms with E-state index in [0.29, 0.717) is 38.2 Å². The summed E-state index contributed by atoms with van der Waals surface area (Å²) in [5.41, 5.74) is 1.85. The average molecular weight is 573 g/mol. The molecule has 9 heteroatoms. The van der Waals surface area contributed by atoms with Gasteiger partial charge in [-0.3, -0.25) is 4.79 Å². The molecule has 3 atom stereocenters. The topological polar surface area (TPSA) is 102 Å². The Morgan fingerprint density at radius 3 is 2.88 bits per heavy atom. The van der Waals surface area contributed by atoms with Crippen molar-refractivity contribution in [2.75, 3.05) is 40.0 Å². The number of hydrogen-bond donors (Lipinski definition) is 2. The minimum Gasteiger partial charge on any atom is -0.493 e. The Labute approximate surface area is 246 Å². The zero-order valence-corrected chi connectivity index (χ0v) is 24.4. The predicted molar refractivity (Wildman–Crippen MR) is 161 cm³/mol. The van der Waals surface area contributed by atoms with E-state index in [-0.39, 0.29) is 24.6 Å². The highest BCUT2D eigenvalue weighted by Crippen LogP contribution is 2.41. The van der Waals surface area contributed by atoms with Gasteiger partial charge in [0.15, 0.2) is 5.69 Å². The van der Waals surface area contributed by atoms with Crippen LogP contribution in [0.4, 0.5) is 0 Å². The van der Waals surface area contributed by atoms with E-state index in [1.54, 1.807) is 13.4 Å². The molecule has 1 aliphatic heterocycles. The Balaban J connectivity index is 1.25. The van der Waals surface area contributed by atoms with Crippen LogP contribution in [-0.4, -0.2) is 77.1 Å². The molecule has 1 saturated carbocycles. The second-order valence-corrected chi connectivity index (χ2v) is 11.6. The van der Waals surface area contributed by atoms with E-state index < -0.39 is 5.60 Å². The monoisotopic (exact) mass is 572 g/mol. The Bertz CT molecular complexity index is 1510. The van der Waals surface area contributed by atoms with Crippen molar-refractivity contribution < 1.29 is 23.8 Å². The van der Waals surface area contributed by atoms with Crippen molar-refractivity contribution in [3.05, 3.63) is 72.4 Å². The number of carbonyl (C=O) groups is 1. The number of piperazine rings is 1. The molecule has 2 aromatic carbocycles. The van der Waals surface area contributed by atoms with Crippen LogP contribution in [0.5, 0.6) is 5.75 Å². The first-order valence-corrected chi connectivity index (χ1v) is 14.9. The highest BCUT2D eigenvalue weighted by atomic mass is 16.5. The predicted octanol–water partition coefficient (Wildman–Crippen LogP) is 4.98. The summed E-state index contributed by atoms with van der Waals surface area (Å²) < 4.78 is 19.3. The van der Waals surface area contributed by atoms with E-state index in [1.165, 1.54) is 0 Å². The fourth-order valence-electron chi connectivity index (χ4n) is 6.63. The van der Waals surface area contributed by atoms with Gasteiger partial charge >= 0.3 is 0 Å². The number of imidazole rings is 1. The van der Waals surface area contributed by atoms with Crippen LogP contribution in [0.3, 0.4) is 0 Å². The lowest BCUT2D eigenvalue weighted by atomic mass is 9.80. The highest BCUT2D eigenvalue weighted by Gasteiger charge is 2.42. The number of ether oxygens (including phenoxy) is 2. The van der Waals surface area contributed by atoms with Crippen LogP contribution < -0.4 is 10.1 Å². The summed E-state index contributed by atoms with van der Waals surface area (Å²) in [5, 5.41) is 16.1. The van der Waals surface area contributed by atoms with Crippen LogP contribution >= 0.6 is 0 Å². The van der Waals surface area contributed by atoms with Gasteiger partial charge in [0.25, 0.3) is 5.91 Å². The van der Waals surface area contributed by atoms with E-state index in [0.717, 1.165) is 59.5 Å². The summed E-state index contributed by atoms with van der Waals surface area (Å²) in [4.78, 5) is 20.9. The van der Waals surface area contributed by atoms with Gasteiger partial charge < -0.3 is 33.8 Å². The summed E-state index contributed by atoms with van der Waals surface area (Å²) in [6.45, 7) is 4.62. The van der Waals surface area contributed by atoms with E-state index in [2.05, 4.69) is 5.32 Å². The minimum absolute atomic E-state index is 0.0466. The van der Waals surface area contributed by atoms with E-state index in [4.69, 9.17) is 18.9 Å². The van der Waals surface area contributed by atoms with Gasteiger partial charge in [-0.2, -0.15) is 0 Å². The van der Waals surface area contributed by atoms with E-state index in [9.17, 15) is 9.90 Å². The molecule has 2 fully saturated rings. The summed E-state index contributed by atoms with van der Waals surface area (Å²) in [5.74, 6) is 1.52. The molecule has 9 nitrogen and oxygen atoms in total. The molecule has 0 unspecified atom stereocenters. The molecule has 3 heterocycles. The lowest BCUT2D eigenvalue weighted by Crippen LogP contribution is -2.54. The lowest BCUT2D eigenvalue weighted by Gasteiger charge is -2.41. The molecular formula is C33H40N4O5. The first-order valence-electron chi connectivity index (χ1n) is 14.9. The van der Waals surface area contributed by atoms with Gasteiger partial charge in [0.05, 0.1) is 31.3 Å². The van der Waals surface area contributed by atoms with Crippen molar-refractivity contribution in [1.29, 1.82) is 0 Å². The van der Waals surface area contributed by atoms with Gasteiger partial charge in [-0.25, -0.2) is 4.98 Å². The quantitative estimate of drug-likeness (QED) is 0.292. The molecule has 0 bridgehead atoms. The standard InChI is InChI=1S/C33H40N4O5/c1-23-18-25-11-12-27(19-28(25)42-23)41-17-13-26-20-34-15-16-36(26)32(38)30-31(24-8-4-3-5-9-24)37(22-35-30)29-10-6-7-14-33(29,39)21-40-2/h3-5,8-9,11-12,18-19,22,26,29,34,39H,6-7,10,13-17,20-21H2,1-2H3/t26-,29-,33-/m1/s1. The second kappa shape index (κ2) is 12.3. The first kappa shape index (κ1) is 28.5. The summed E-state index contributed by atoms with van der Waals surface area (Å²) >= 11 is 0. The number of carbonyl (C=O) groups excluding carboxylic acids is 1. The van der Waals surface area contributed by atoms with Crippen molar-refractivity contribution in [3.63, 3.8) is 0 Å². The van der Waals surface area contributed by atoms with Gasteiger partial charge in [0.2, 0.25) is 0 Å². The van der Waals surface area contributed by atoms with Crippen LogP contribution in [0.25, 0.3) is 22.2 Å². The van der Waals surface area contributed by atoms with E-state index in [1.807, 2.05) is 71.0 Å². The number of methoxy groups -OCH3 is 1. The van der Waals surface area contributed by atoms with Crippen LogP contribution in [0.15, 0.2) is 65.3 Å². The van der Waals surface area contributed by atoms with Crippen molar-refractivity contribution in [1.82, 2.24) is 19.8 Å². The van der Waals surface area contributed by atoms with Crippen molar-refractivity contribution >= 4 is 16.9 Å². The van der Waals surface area contributed by atoms with Crippen LogP contribution in [0.1, 0.15) is 54.4 Å². The SMILES string of the molecule is COC[C@]1(O)CCCC[C@H]1n1cnc(C(=O)N2CCNC[C@H]2CCOc2ccc3cc(C)oc3c2)c1-c1ccccc1. The number of hydrogen-bond acceptors (Lipinski definition) is 7. The molecule has 1 saturated heterocycles. The fraction of sp³-hybridized carbons (Fsp3) is 0.455. The Kier molecular flexibility index (Phi) is 8.33. The van der Waals surface area contributed by atoms with Gasteiger partial charge in [-0.1, -0.05) is 43.2 Å². The Hall–Kier alpha value is -3.66. The molecule has 4 aromatic rings. The third-order valence-electron chi connectivity index (χ3n) is 8.68. The number of furan rings is 1. The number of benzene rings is 2. The van der Waals surface area contributed by atoms with Crippen molar-refractivity contribution in [2.24, 2.45) is 0 Å².